The van der Waals surface area contributed by atoms with Gasteiger partial charge in [0.1, 0.15) is 19.3 Å². The first-order chi connectivity index (χ1) is 50.2. The highest BCUT2D eigenvalue weighted by Crippen LogP contribution is 2.45. The van der Waals surface area contributed by atoms with Gasteiger partial charge in [-0.05, 0) is 25.7 Å². The average molecular weight is 1510 g/mol. The predicted molar refractivity (Wildman–Crippen MR) is 423 cm³/mol. The largest absolute Gasteiger partial charge is 0.472 e. The topological polar surface area (TPSA) is 237 Å². The molecule has 0 saturated heterocycles. The molecular formula is C84H164O17P2. The molecule has 0 aliphatic rings. The molecule has 17 nitrogen and oxygen atoms in total. The van der Waals surface area contributed by atoms with E-state index in [0.29, 0.717) is 25.7 Å². The highest BCUT2D eigenvalue weighted by atomic mass is 31.2. The van der Waals surface area contributed by atoms with Crippen molar-refractivity contribution in [3.8, 4) is 0 Å². The van der Waals surface area contributed by atoms with Crippen LogP contribution in [-0.4, -0.2) is 96.7 Å². The minimum Gasteiger partial charge on any atom is -0.462 e. The van der Waals surface area contributed by atoms with Crippen LogP contribution in [0.1, 0.15) is 458 Å². The lowest BCUT2D eigenvalue weighted by atomic mass is 10.0. The number of unbranched alkanes of at least 4 members (excludes halogenated alkanes) is 59. The summed E-state index contributed by atoms with van der Waals surface area (Å²) in [4.78, 5) is 73.2. The lowest BCUT2D eigenvalue weighted by Gasteiger charge is -2.21. The monoisotopic (exact) mass is 1510 g/mol. The molecule has 612 valence electrons. The molecule has 0 aromatic rings. The van der Waals surface area contributed by atoms with Gasteiger partial charge in [-0.25, -0.2) is 9.13 Å². The summed E-state index contributed by atoms with van der Waals surface area (Å²) in [5.41, 5.74) is 0. The van der Waals surface area contributed by atoms with E-state index in [1.165, 1.54) is 289 Å². The second-order valence-electron chi connectivity index (χ2n) is 30.2. The van der Waals surface area contributed by atoms with Crippen molar-refractivity contribution < 1.29 is 80.2 Å². The molecule has 0 aliphatic carbocycles. The minimum atomic E-state index is -4.96. The maximum Gasteiger partial charge on any atom is 0.472 e. The number of ether oxygens (including phenoxy) is 4. The van der Waals surface area contributed by atoms with Crippen molar-refractivity contribution in [2.45, 2.75) is 476 Å². The van der Waals surface area contributed by atoms with Gasteiger partial charge in [-0.3, -0.25) is 37.3 Å². The summed E-state index contributed by atoms with van der Waals surface area (Å²) < 4.78 is 68.9. The number of hydrogen-bond donors (Lipinski definition) is 3. The molecule has 0 rings (SSSR count). The van der Waals surface area contributed by atoms with Crippen molar-refractivity contribution in [1.29, 1.82) is 0 Å². The molecule has 0 spiro atoms. The first-order valence-electron chi connectivity index (χ1n) is 43.8. The summed E-state index contributed by atoms with van der Waals surface area (Å²) in [5, 5.41) is 10.7. The summed E-state index contributed by atoms with van der Waals surface area (Å²) in [6.07, 6.45) is 72.0. The third-order valence-corrected chi connectivity index (χ3v) is 21.8. The molecule has 0 heterocycles. The number of carbonyl (C=O) groups excluding carboxylic acids is 4. The van der Waals surface area contributed by atoms with Crippen LogP contribution < -0.4 is 0 Å². The Labute approximate surface area is 632 Å². The van der Waals surface area contributed by atoms with Crippen LogP contribution in [0.25, 0.3) is 0 Å². The molecule has 0 aromatic carbocycles. The van der Waals surface area contributed by atoms with Crippen LogP contribution in [0.3, 0.4) is 0 Å². The second kappa shape index (κ2) is 78.2. The number of phosphoric ester groups is 2. The summed E-state index contributed by atoms with van der Waals surface area (Å²) >= 11 is 0. The first-order valence-corrected chi connectivity index (χ1v) is 46.8. The van der Waals surface area contributed by atoms with Gasteiger partial charge in [-0.2, -0.15) is 0 Å². The molecule has 0 amide bonds. The van der Waals surface area contributed by atoms with E-state index in [0.717, 1.165) is 89.9 Å². The Morgan fingerprint density at radius 3 is 0.573 bits per heavy atom. The Kier molecular flexibility index (Phi) is 76.7. The quantitative estimate of drug-likeness (QED) is 0.0222. The lowest BCUT2D eigenvalue weighted by Crippen LogP contribution is -2.30. The average Bonchev–Trinajstić information content (AvgIpc) is 0.922. The molecule has 0 radical (unpaired) electrons. The third kappa shape index (κ3) is 78.0. The fraction of sp³-hybridized carbons (Fsp3) is 0.952. The van der Waals surface area contributed by atoms with Gasteiger partial charge in [-0.15, -0.1) is 0 Å². The summed E-state index contributed by atoms with van der Waals surface area (Å²) in [5.74, 6) is -2.10. The van der Waals surface area contributed by atoms with Gasteiger partial charge in [0.15, 0.2) is 12.2 Å². The molecule has 0 aromatic heterocycles. The molecular weight excluding hydrogens is 1340 g/mol. The summed E-state index contributed by atoms with van der Waals surface area (Å²) in [6, 6.07) is 0. The molecule has 19 heteroatoms. The highest BCUT2D eigenvalue weighted by Gasteiger charge is 2.30. The predicted octanol–water partition coefficient (Wildman–Crippen LogP) is 25.7. The molecule has 0 fully saturated rings. The number of hydrogen-bond acceptors (Lipinski definition) is 15. The maximum atomic E-state index is 13.1. The molecule has 103 heavy (non-hydrogen) atoms. The minimum absolute atomic E-state index is 0.109. The molecule has 0 bridgehead atoms. The van der Waals surface area contributed by atoms with Gasteiger partial charge in [-0.1, -0.05) is 407 Å². The Hall–Kier alpha value is -1.94. The highest BCUT2D eigenvalue weighted by molar-refractivity contribution is 7.47. The van der Waals surface area contributed by atoms with E-state index in [-0.39, 0.29) is 25.7 Å². The zero-order valence-electron chi connectivity index (χ0n) is 67.3. The van der Waals surface area contributed by atoms with Crippen LogP contribution in [-0.2, 0) is 65.4 Å². The van der Waals surface area contributed by atoms with E-state index in [4.69, 9.17) is 37.0 Å². The van der Waals surface area contributed by atoms with Crippen LogP contribution in [0, 0.1) is 0 Å². The van der Waals surface area contributed by atoms with E-state index >= 15 is 0 Å². The van der Waals surface area contributed by atoms with Crippen molar-refractivity contribution >= 4 is 39.5 Å². The number of esters is 4. The van der Waals surface area contributed by atoms with Crippen LogP contribution in [0.15, 0.2) is 0 Å². The fourth-order valence-electron chi connectivity index (χ4n) is 13.2. The van der Waals surface area contributed by atoms with Gasteiger partial charge in [0, 0.05) is 25.7 Å². The number of rotatable bonds is 85. The molecule has 0 aliphatic heterocycles. The fourth-order valence-corrected chi connectivity index (χ4v) is 14.7. The van der Waals surface area contributed by atoms with E-state index in [9.17, 15) is 43.2 Å². The number of phosphoric acid groups is 2. The van der Waals surface area contributed by atoms with Gasteiger partial charge in [0.2, 0.25) is 0 Å². The zero-order valence-corrected chi connectivity index (χ0v) is 69.1. The Morgan fingerprint density at radius 1 is 0.233 bits per heavy atom. The SMILES string of the molecule is CCCCCCCCCCCCCCCCCCCCCC(=O)O[C@H](COC(=O)CCCCCCCCCCCCCCCCCC)COP(=O)(O)OC[C@@H](O)COP(=O)(O)OC[C@@H](COC(=O)CCCCCCCCCCCCCC)OC(=O)CCCCCCCCCCCCCCCCCC. The first kappa shape index (κ1) is 101. The maximum absolute atomic E-state index is 13.1. The molecule has 2 unspecified atom stereocenters. The standard InChI is InChI=1S/C84H164O17P2/c1-5-9-13-17-21-25-29-33-36-39-40-41-44-47-51-55-59-63-67-71-84(89)101-80(75-95-82(87)69-65-61-57-53-49-45-42-37-34-30-26-22-18-14-10-6-2)77-99-103(92,93)97-73-78(85)72-96-102(90,91)98-76-79(74-94-81(86)68-64-60-56-52-48-32-28-24-20-16-12-8-4)100-83(88)70-66-62-58-54-50-46-43-38-35-31-27-23-19-15-11-7-3/h78-80,85H,5-77H2,1-4H3,(H,90,91)(H,92,93)/t78-,79+,80+/m0/s1. The number of aliphatic hydroxyl groups excluding tert-OH is 1. The van der Waals surface area contributed by atoms with E-state index in [1.54, 1.807) is 0 Å². The normalized spacial score (nSPS) is 13.7. The number of aliphatic hydroxyl groups is 1. The van der Waals surface area contributed by atoms with Crippen LogP contribution >= 0.6 is 15.6 Å². The van der Waals surface area contributed by atoms with E-state index in [1.807, 2.05) is 0 Å². The van der Waals surface area contributed by atoms with Crippen LogP contribution in [0.5, 0.6) is 0 Å². The lowest BCUT2D eigenvalue weighted by molar-refractivity contribution is -0.161. The van der Waals surface area contributed by atoms with Crippen molar-refractivity contribution in [2.24, 2.45) is 0 Å². The number of carbonyl (C=O) groups is 4. The molecule has 3 N–H and O–H groups in total. The van der Waals surface area contributed by atoms with Crippen molar-refractivity contribution in [3.63, 3.8) is 0 Å². The summed E-state index contributed by atoms with van der Waals surface area (Å²) in [7, 11) is -9.92. The Morgan fingerprint density at radius 2 is 0.388 bits per heavy atom. The Bertz CT molecular complexity index is 1950. The van der Waals surface area contributed by atoms with Crippen molar-refractivity contribution in [2.75, 3.05) is 39.6 Å². The van der Waals surface area contributed by atoms with Gasteiger partial charge in [0.05, 0.1) is 26.4 Å². The van der Waals surface area contributed by atoms with Crippen molar-refractivity contribution in [3.05, 3.63) is 0 Å². The zero-order chi connectivity index (χ0) is 75.3. The van der Waals surface area contributed by atoms with Crippen LogP contribution in [0.4, 0.5) is 0 Å². The van der Waals surface area contributed by atoms with Crippen LogP contribution in [0.2, 0.25) is 0 Å². The Balaban J connectivity index is 5.25. The molecule has 0 saturated carbocycles. The molecule has 5 atom stereocenters. The third-order valence-electron chi connectivity index (χ3n) is 19.9. The van der Waals surface area contributed by atoms with Gasteiger partial charge >= 0.3 is 39.5 Å². The van der Waals surface area contributed by atoms with E-state index < -0.39 is 97.5 Å². The van der Waals surface area contributed by atoms with Crippen molar-refractivity contribution in [1.82, 2.24) is 0 Å². The van der Waals surface area contributed by atoms with Gasteiger partial charge in [0.25, 0.3) is 0 Å². The second-order valence-corrected chi connectivity index (χ2v) is 33.1. The summed E-state index contributed by atoms with van der Waals surface area (Å²) in [6.45, 7) is 5.06. The smallest absolute Gasteiger partial charge is 0.462 e. The van der Waals surface area contributed by atoms with E-state index in [2.05, 4.69) is 27.7 Å². The van der Waals surface area contributed by atoms with Gasteiger partial charge < -0.3 is 33.8 Å².